The Labute approximate surface area is 104 Å². The van der Waals surface area contributed by atoms with Gasteiger partial charge in [-0.1, -0.05) is 30.3 Å². The number of rotatable bonds is 4. The zero-order chi connectivity index (χ0) is 8.81. The van der Waals surface area contributed by atoms with Gasteiger partial charge in [0.2, 0.25) is 0 Å². The standard InChI is InChI=1S/C9H11O2P.Na.H/c1-8(11-12-10)7-9-5-3-2-4-6-9;;/h2-6,8H,7H2,1H3;;/q;+1;-1. The average Bonchev–Trinajstić information content (AvgIpc) is 2.06. The molecule has 0 aliphatic rings. The van der Waals surface area contributed by atoms with E-state index in [1.54, 1.807) is 0 Å². The monoisotopic (exact) mass is 206 g/mol. The summed E-state index contributed by atoms with van der Waals surface area (Å²) in [5.74, 6) is 0. The van der Waals surface area contributed by atoms with Crippen LogP contribution in [0.4, 0.5) is 0 Å². The van der Waals surface area contributed by atoms with Crippen LogP contribution in [0, 0.1) is 0 Å². The van der Waals surface area contributed by atoms with Gasteiger partial charge >= 0.3 is 38.2 Å². The zero-order valence-corrected chi connectivity index (χ0v) is 10.8. The Morgan fingerprint density at radius 3 is 2.62 bits per heavy atom. The van der Waals surface area contributed by atoms with Crippen LogP contribution in [0.1, 0.15) is 13.9 Å². The molecule has 0 bridgehead atoms. The van der Waals surface area contributed by atoms with Gasteiger partial charge in [0.05, 0.1) is 6.10 Å². The molecule has 13 heavy (non-hydrogen) atoms. The van der Waals surface area contributed by atoms with Crippen molar-refractivity contribution < 1.29 is 40.1 Å². The van der Waals surface area contributed by atoms with E-state index in [0.717, 1.165) is 6.42 Å². The third kappa shape index (κ3) is 5.56. The summed E-state index contributed by atoms with van der Waals surface area (Å²) in [5, 5.41) is 0. The van der Waals surface area contributed by atoms with Crippen LogP contribution < -0.4 is 29.6 Å². The maximum atomic E-state index is 10.1. The minimum Gasteiger partial charge on any atom is -1.00 e. The third-order valence-electron chi connectivity index (χ3n) is 1.59. The first kappa shape index (κ1) is 13.3. The molecule has 0 saturated carbocycles. The molecular weight excluding hydrogens is 194 g/mol. The molecule has 1 atom stereocenters. The fourth-order valence-corrected chi connectivity index (χ4v) is 1.28. The van der Waals surface area contributed by atoms with E-state index < -0.39 is 0 Å². The first-order chi connectivity index (χ1) is 5.83. The summed E-state index contributed by atoms with van der Waals surface area (Å²) in [6, 6.07) is 10.00. The summed E-state index contributed by atoms with van der Waals surface area (Å²) in [4.78, 5) is 0. The van der Waals surface area contributed by atoms with Gasteiger partial charge in [-0.05, 0) is 18.9 Å². The van der Waals surface area contributed by atoms with E-state index in [0.29, 0.717) is 0 Å². The van der Waals surface area contributed by atoms with E-state index in [1.165, 1.54) is 5.56 Å². The molecule has 0 N–H and O–H groups in total. The Bertz CT molecular complexity index is 246. The second-order valence-electron chi connectivity index (χ2n) is 2.68. The summed E-state index contributed by atoms with van der Waals surface area (Å²) >= 11 is 0. The quantitative estimate of drug-likeness (QED) is 0.510. The maximum absolute atomic E-state index is 10.1. The summed E-state index contributed by atoms with van der Waals surface area (Å²) in [6.07, 6.45) is 0.808. The number of hydrogen-bond donors (Lipinski definition) is 0. The van der Waals surface area contributed by atoms with E-state index in [4.69, 9.17) is 4.52 Å². The van der Waals surface area contributed by atoms with Crippen molar-refractivity contribution in [3.05, 3.63) is 35.9 Å². The first-order valence-electron chi connectivity index (χ1n) is 3.85. The Hall–Kier alpha value is 0.280. The molecule has 0 heterocycles. The fraction of sp³-hybridized carbons (Fsp3) is 0.333. The molecule has 1 rings (SSSR count). The van der Waals surface area contributed by atoms with Gasteiger partial charge in [0.15, 0.2) is 0 Å². The zero-order valence-electron chi connectivity index (χ0n) is 8.93. The van der Waals surface area contributed by atoms with Crippen LogP contribution in [0.2, 0.25) is 0 Å². The van der Waals surface area contributed by atoms with Gasteiger partial charge in [0, 0.05) is 0 Å². The van der Waals surface area contributed by atoms with Gasteiger partial charge in [-0.3, -0.25) is 4.52 Å². The van der Waals surface area contributed by atoms with E-state index in [1.807, 2.05) is 37.3 Å². The van der Waals surface area contributed by atoms with Crippen molar-refractivity contribution in [2.45, 2.75) is 19.4 Å². The van der Waals surface area contributed by atoms with E-state index in [-0.39, 0.29) is 45.8 Å². The molecule has 4 heteroatoms. The second kappa shape index (κ2) is 7.66. The predicted octanol–water partition coefficient (Wildman–Crippen LogP) is -0.0426. The number of benzene rings is 1. The van der Waals surface area contributed by atoms with Gasteiger partial charge in [-0.15, -0.1) is 0 Å². The van der Waals surface area contributed by atoms with E-state index in [9.17, 15) is 4.57 Å². The van der Waals surface area contributed by atoms with Crippen molar-refractivity contribution in [3.63, 3.8) is 0 Å². The second-order valence-corrected chi connectivity index (χ2v) is 3.04. The van der Waals surface area contributed by atoms with E-state index in [2.05, 4.69) is 0 Å². The molecule has 2 nitrogen and oxygen atoms in total. The van der Waals surface area contributed by atoms with Gasteiger partial charge in [-0.2, -0.15) is 0 Å². The van der Waals surface area contributed by atoms with E-state index >= 15 is 0 Å². The fourth-order valence-electron chi connectivity index (χ4n) is 1.06. The van der Waals surface area contributed by atoms with Crippen LogP contribution in [-0.4, -0.2) is 6.10 Å². The molecule has 0 aliphatic heterocycles. The molecule has 66 valence electrons. The largest absolute Gasteiger partial charge is 1.00 e. The van der Waals surface area contributed by atoms with Crippen LogP contribution in [0.3, 0.4) is 0 Å². The molecule has 1 unspecified atom stereocenters. The Morgan fingerprint density at radius 2 is 2.08 bits per heavy atom. The molecule has 0 aromatic heterocycles. The van der Waals surface area contributed by atoms with Gasteiger partial charge < -0.3 is 1.43 Å². The predicted molar refractivity (Wildman–Crippen MR) is 49.4 cm³/mol. The van der Waals surface area contributed by atoms with Crippen LogP contribution in [0.15, 0.2) is 30.3 Å². The van der Waals surface area contributed by atoms with Crippen molar-refractivity contribution in [1.29, 1.82) is 0 Å². The van der Waals surface area contributed by atoms with Crippen molar-refractivity contribution in [3.8, 4) is 0 Å². The Morgan fingerprint density at radius 1 is 1.46 bits per heavy atom. The van der Waals surface area contributed by atoms with Crippen LogP contribution in [0.5, 0.6) is 0 Å². The first-order valence-corrected chi connectivity index (χ1v) is 4.58. The molecule has 0 radical (unpaired) electrons. The van der Waals surface area contributed by atoms with Crippen LogP contribution in [0.25, 0.3) is 0 Å². The van der Waals surface area contributed by atoms with Gasteiger partial charge in [0.1, 0.15) is 0 Å². The SMILES string of the molecule is CC(Cc1ccccc1)OP=O.[H-].[Na+]. The van der Waals surface area contributed by atoms with Gasteiger partial charge in [0.25, 0.3) is 0 Å². The topological polar surface area (TPSA) is 26.3 Å². The minimum atomic E-state index is -0.241. The molecule has 0 fully saturated rings. The van der Waals surface area contributed by atoms with Crippen molar-refractivity contribution in [1.82, 2.24) is 0 Å². The molecule has 1 aromatic rings. The van der Waals surface area contributed by atoms with Crippen molar-refractivity contribution in [2.24, 2.45) is 0 Å². The normalized spacial score (nSPS) is 12.1. The Kier molecular flexibility index (Phi) is 7.83. The third-order valence-corrected chi connectivity index (χ3v) is 2.03. The summed E-state index contributed by atoms with van der Waals surface area (Å²) in [5.41, 5.74) is 1.20. The molecule has 0 amide bonds. The van der Waals surface area contributed by atoms with Crippen LogP contribution in [-0.2, 0) is 15.5 Å². The molecule has 0 spiro atoms. The van der Waals surface area contributed by atoms with Crippen molar-refractivity contribution in [2.75, 3.05) is 0 Å². The maximum Gasteiger partial charge on any atom is 1.00 e. The smallest absolute Gasteiger partial charge is 1.00 e. The molecule has 0 saturated heterocycles. The summed E-state index contributed by atoms with van der Waals surface area (Å²) in [7, 11) is -0.241. The summed E-state index contributed by atoms with van der Waals surface area (Å²) in [6.45, 7) is 1.90. The molecular formula is C9H12NaO2P. The molecule has 1 aromatic carbocycles. The van der Waals surface area contributed by atoms with Crippen LogP contribution >= 0.6 is 8.69 Å². The molecule has 0 aliphatic carbocycles. The summed E-state index contributed by atoms with van der Waals surface area (Å²) < 4.78 is 14.9. The minimum absolute atomic E-state index is 0. The van der Waals surface area contributed by atoms with Crippen molar-refractivity contribution >= 4 is 8.69 Å². The Balaban J connectivity index is 0. The number of hydrogen-bond acceptors (Lipinski definition) is 2. The van der Waals surface area contributed by atoms with Gasteiger partial charge in [-0.25, -0.2) is 4.57 Å². The average molecular weight is 206 g/mol.